The van der Waals surface area contributed by atoms with Gasteiger partial charge in [-0.05, 0) is 19.3 Å². The van der Waals surface area contributed by atoms with Gasteiger partial charge in [0.2, 0.25) is 11.8 Å². The van der Waals surface area contributed by atoms with Gasteiger partial charge in [0.1, 0.15) is 12.6 Å². The molecule has 1 N–H and O–H groups in total. The summed E-state index contributed by atoms with van der Waals surface area (Å²) >= 11 is 0. The Morgan fingerprint density at radius 2 is 1.82 bits per heavy atom. The van der Waals surface area contributed by atoms with Crippen LogP contribution in [-0.4, -0.2) is 34.8 Å². The van der Waals surface area contributed by atoms with E-state index >= 15 is 0 Å². The Balaban J connectivity index is 3.08. The monoisotopic (exact) mass is 236 g/mol. The van der Waals surface area contributed by atoms with Gasteiger partial charge in [0, 0.05) is 0 Å². The summed E-state index contributed by atoms with van der Waals surface area (Å²) in [5.74, 6) is 2.29. The molecule has 17 heavy (non-hydrogen) atoms. The third-order valence-electron chi connectivity index (χ3n) is 3.01. The second-order valence-electron chi connectivity index (χ2n) is 5.99. The Labute approximate surface area is 103 Å². The van der Waals surface area contributed by atoms with E-state index in [-0.39, 0.29) is 23.8 Å². The van der Waals surface area contributed by atoms with Gasteiger partial charge in [0.25, 0.3) is 0 Å². The van der Waals surface area contributed by atoms with Crippen molar-refractivity contribution in [1.29, 1.82) is 0 Å². The summed E-state index contributed by atoms with van der Waals surface area (Å²) in [5.41, 5.74) is -1.06. The molecule has 1 fully saturated rings. The highest BCUT2D eigenvalue weighted by molar-refractivity contribution is 5.96. The van der Waals surface area contributed by atoms with Crippen molar-refractivity contribution in [2.45, 2.75) is 46.2 Å². The van der Waals surface area contributed by atoms with Crippen LogP contribution in [0.1, 0.15) is 34.6 Å². The number of rotatable bonds is 1. The van der Waals surface area contributed by atoms with Crippen LogP contribution in [0.3, 0.4) is 0 Å². The zero-order valence-corrected chi connectivity index (χ0v) is 11.1. The number of nitrogens with one attached hydrogen (secondary N) is 1. The van der Waals surface area contributed by atoms with Crippen LogP contribution in [-0.2, 0) is 9.59 Å². The number of hydrogen-bond donors (Lipinski definition) is 1. The first kappa shape index (κ1) is 13.6. The summed E-state index contributed by atoms with van der Waals surface area (Å²) < 4.78 is 0. The maximum Gasteiger partial charge on any atom is 0.247 e. The van der Waals surface area contributed by atoms with E-state index in [0.717, 1.165) is 0 Å². The molecule has 1 aliphatic rings. The van der Waals surface area contributed by atoms with Gasteiger partial charge in [0.05, 0.1) is 5.54 Å². The molecule has 0 radical (unpaired) electrons. The van der Waals surface area contributed by atoms with E-state index in [0.29, 0.717) is 0 Å². The lowest BCUT2D eigenvalue weighted by Crippen LogP contribution is -2.66. The maximum absolute atomic E-state index is 12.3. The van der Waals surface area contributed by atoms with Gasteiger partial charge in [-0.25, -0.2) is 0 Å². The highest BCUT2D eigenvalue weighted by atomic mass is 16.2. The fourth-order valence-electron chi connectivity index (χ4n) is 1.78. The predicted octanol–water partition coefficient (Wildman–Crippen LogP) is 0.771. The molecular weight excluding hydrogens is 216 g/mol. The summed E-state index contributed by atoms with van der Waals surface area (Å²) in [7, 11) is 0. The van der Waals surface area contributed by atoms with Gasteiger partial charge in [0.15, 0.2) is 0 Å². The second kappa shape index (κ2) is 4.06. The van der Waals surface area contributed by atoms with E-state index in [2.05, 4.69) is 11.2 Å². The van der Waals surface area contributed by atoms with Gasteiger partial charge in [-0.15, -0.1) is 6.42 Å². The Morgan fingerprint density at radius 3 is 2.24 bits per heavy atom. The van der Waals surface area contributed by atoms with Crippen molar-refractivity contribution < 1.29 is 9.59 Å². The van der Waals surface area contributed by atoms with Crippen molar-refractivity contribution >= 4 is 11.8 Å². The Kier molecular flexibility index (Phi) is 3.24. The summed E-state index contributed by atoms with van der Waals surface area (Å²) in [5, 5.41) is 2.73. The van der Waals surface area contributed by atoms with E-state index in [9.17, 15) is 9.59 Å². The standard InChI is InChI=1S/C13H20N2O2/c1-7-13(5,6)15-8-9(16)14-10(11(15)17)12(2,3)4/h1,10H,8H2,2-6H3,(H,14,16). The molecule has 0 aromatic carbocycles. The first-order chi connectivity index (χ1) is 7.59. The van der Waals surface area contributed by atoms with E-state index in [1.54, 1.807) is 13.8 Å². The number of terminal acetylenes is 1. The molecule has 1 saturated heterocycles. The van der Waals surface area contributed by atoms with E-state index < -0.39 is 11.6 Å². The zero-order valence-electron chi connectivity index (χ0n) is 11.1. The summed E-state index contributed by atoms with van der Waals surface area (Å²) in [6.45, 7) is 9.32. The van der Waals surface area contributed by atoms with Crippen LogP contribution >= 0.6 is 0 Å². The number of nitrogens with zero attached hydrogens (tertiary/aromatic N) is 1. The molecule has 0 aromatic heterocycles. The molecule has 1 atom stereocenters. The SMILES string of the molecule is C#CC(C)(C)N1CC(=O)NC(C(C)(C)C)C1=O. The fourth-order valence-corrected chi connectivity index (χ4v) is 1.78. The van der Waals surface area contributed by atoms with Crippen molar-refractivity contribution in [1.82, 2.24) is 10.2 Å². The maximum atomic E-state index is 12.3. The first-order valence-corrected chi connectivity index (χ1v) is 5.68. The lowest BCUT2D eigenvalue weighted by molar-refractivity contribution is -0.151. The van der Waals surface area contributed by atoms with Crippen molar-refractivity contribution in [2.75, 3.05) is 6.54 Å². The van der Waals surface area contributed by atoms with Gasteiger partial charge in [-0.2, -0.15) is 0 Å². The molecule has 0 aromatic rings. The fraction of sp³-hybridized carbons (Fsp3) is 0.692. The molecule has 1 unspecified atom stereocenters. The topological polar surface area (TPSA) is 49.4 Å². The predicted molar refractivity (Wildman–Crippen MR) is 66.0 cm³/mol. The number of piperazine rings is 1. The Hall–Kier alpha value is -1.50. The first-order valence-electron chi connectivity index (χ1n) is 5.68. The molecule has 1 aliphatic heterocycles. The molecular formula is C13H20N2O2. The van der Waals surface area contributed by atoms with Crippen molar-refractivity contribution in [3.63, 3.8) is 0 Å². The third-order valence-corrected chi connectivity index (χ3v) is 3.01. The summed E-state index contributed by atoms with van der Waals surface area (Å²) in [4.78, 5) is 25.5. The zero-order chi connectivity index (χ0) is 13.4. The van der Waals surface area contributed by atoms with Crippen LogP contribution in [0.5, 0.6) is 0 Å². The molecule has 1 heterocycles. The largest absolute Gasteiger partial charge is 0.342 e. The smallest absolute Gasteiger partial charge is 0.247 e. The average Bonchev–Trinajstić information content (AvgIpc) is 2.19. The molecule has 0 spiro atoms. The van der Waals surface area contributed by atoms with E-state index in [1.807, 2.05) is 20.8 Å². The number of carbonyl (C=O) groups is 2. The molecule has 0 bridgehead atoms. The van der Waals surface area contributed by atoms with Gasteiger partial charge in [-0.3, -0.25) is 9.59 Å². The number of hydrogen-bond acceptors (Lipinski definition) is 2. The lowest BCUT2D eigenvalue weighted by Gasteiger charge is -2.43. The quantitative estimate of drug-likeness (QED) is 0.684. The molecule has 0 aliphatic carbocycles. The van der Waals surface area contributed by atoms with Crippen molar-refractivity contribution in [3.8, 4) is 12.3 Å². The minimum atomic E-state index is -0.738. The third kappa shape index (κ3) is 2.60. The van der Waals surface area contributed by atoms with Gasteiger partial charge < -0.3 is 10.2 Å². The minimum absolute atomic E-state index is 0.0304. The molecule has 4 nitrogen and oxygen atoms in total. The van der Waals surface area contributed by atoms with E-state index in [1.165, 1.54) is 4.90 Å². The van der Waals surface area contributed by atoms with Crippen LogP contribution in [0.2, 0.25) is 0 Å². The van der Waals surface area contributed by atoms with Crippen LogP contribution in [0.15, 0.2) is 0 Å². The van der Waals surface area contributed by atoms with Crippen LogP contribution in [0.25, 0.3) is 0 Å². The van der Waals surface area contributed by atoms with Crippen LogP contribution in [0.4, 0.5) is 0 Å². The van der Waals surface area contributed by atoms with Crippen molar-refractivity contribution in [2.24, 2.45) is 5.41 Å². The number of carbonyl (C=O) groups excluding carboxylic acids is 2. The van der Waals surface area contributed by atoms with Gasteiger partial charge in [-0.1, -0.05) is 26.7 Å². The lowest BCUT2D eigenvalue weighted by atomic mass is 9.83. The summed E-state index contributed by atoms with van der Waals surface area (Å²) in [6.07, 6.45) is 5.42. The Morgan fingerprint density at radius 1 is 1.29 bits per heavy atom. The van der Waals surface area contributed by atoms with Crippen LogP contribution in [0, 0.1) is 17.8 Å². The average molecular weight is 236 g/mol. The molecule has 1 rings (SSSR count). The van der Waals surface area contributed by atoms with Crippen molar-refractivity contribution in [3.05, 3.63) is 0 Å². The number of amides is 2. The summed E-state index contributed by atoms with van der Waals surface area (Å²) in [6, 6.07) is -0.517. The minimum Gasteiger partial charge on any atom is -0.342 e. The normalized spacial score (nSPS) is 22.1. The molecule has 4 heteroatoms. The molecule has 0 saturated carbocycles. The highest BCUT2D eigenvalue weighted by Crippen LogP contribution is 2.26. The second-order valence-corrected chi connectivity index (χ2v) is 5.99. The van der Waals surface area contributed by atoms with E-state index in [4.69, 9.17) is 6.42 Å². The van der Waals surface area contributed by atoms with Crippen LogP contribution < -0.4 is 5.32 Å². The molecule has 2 amide bonds. The van der Waals surface area contributed by atoms with Gasteiger partial charge >= 0.3 is 0 Å². The molecule has 94 valence electrons. The Bertz CT molecular complexity index is 385. The highest BCUT2D eigenvalue weighted by Gasteiger charge is 2.44.